The summed E-state index contributed by atoms with van der Waals surface area (Å²) in [7, 11) is 4.72. The molecule has 6 heteroatoms. The Morgan fingerprint density at radius 3 is 2.35 bits per heavy atom. The number of benzene rings is 1. The van der Waals surface area contributed by atoms with Gasteiger partial charge >= 0.3 is 6.09 Å². The Hall–Kier alpha value is -2.37. The summed E-state index contributed by atoms with van der Waals surface area (Å²) in [4.78, 5) is 13.7. The number of hydrogen-bond donors (Lipinski definition) is 0. The molecule has 6 nitrogen and oxygen atoms in total. The highest BCUT2D eigenvalue weighted by molar-refractivity contribution is 5.73. The number of amides is 1. The van der Waals surface area contributed by atoms with Crippen molar-refractivity contribution in [2.45, 2.75) is 19.8 Å². The SMILES string of the molecule is CCOC(=O)N1CCC/C1=C\c1cc(OC)c(OC)c(OC)c1. The number of methoxy groups -OCH3 is 3. The van der Waals surface area contributed by atoms with Gasteiger partial charge in [-0.1, -0.05) is 0 Å². The lowest BCUT2D eigenvalue weighted by Gasteiger charge is -2.18. The van der Waals surface area contributed by atoms with Crippen molar-refractivity contribution in [3.05, 3.63) is 23.4 Å². The first kappa shape index (κ1) is 17.0. The van der Waals surface area contributed by atoms with Gasteiger partial charge in [0.15, 0.2) is 11.5 Å². The molecule has 0 atom stereocenters. The van der Waals surface area contributed by atoms with Crippen molar-refractivity contribution in [1.82, 2.24) is 4.90 Å². The molecule has 0 spiro atoms. The molecule has 1 aliphatic rings. The molecule has 1 fully saturated rings. The maximum atomic E-state index is 12.0. The van der Waals surface area contributed by atoms with Crippen LogP contribution in [0.2, 0.25) is 0 Å². The van der Waals surface area contributed by atoms with Gasteiger partial charge in [-0.15, -0.1) is 0 Å². The Labute approximate surface area is 136 Å². The summed E-state index contributed by atoms with van der Waals surface area (Å²) in [6.07, 6.45) is 3.41. The van der Waals surface area contributed by atoms with Crippen molar-refractivity contribution in [1.29, 1.82) is 0 Å². The Kier molecular flexibility index (Phi) is 5.73. The summed E-state index contributed by atoms with van der Waals surface area (Å²) in [5, 5.41) is 0. The van der Waals surface area contributed by atoms with Crippen LogP contribution < -0.4 is 14.2 Å². The molecule has 0 bridgehead atoms. The Morgan fingerprint density at radius 2 is 1.83 bits per heavy atom. The maximum Gasteiger partial charge on any atom is 0.414 e. The highest BCUT2D eigenvalue weighted by Crippen LogP contribution is 2.39. The van der Waals surface area contributed by atoms with Crippen LogP contribution in [0.15, 0.2) is 17.8 Å². The lowest BCUT2D eigenvalue weighted by molar-refractivity contribution is 0.123. The molecule has 126 valence electrons. The van der Waals surface area contributed by atoms with E-state index in [4.69, 9.17) is 18.9 Å². The van der Waals surface area contributed by atoms with Crippen molar-refractivity contribution in [2.75, 3.05) is 34.5 Å². The predicted molar refractivity (Wildman–Crippen MR) is 87.0 cm³/mol. The fraction of sp³-hybridized carbons (Fsp3) is 0.471. The summed E-state index contributed by atoms with van der Waals surface area (Å²) in [5.41, 5.74) is 1.81. The molecule has 23 heavy (non-hydrogen) atoms. The van der Waals surface area contributed by atoms with Gasteiger partial charge in [0.05, 0.1) is 27.9 Å². The lowest BCUT2D eigenvalue weighted by Crippen LogP contribution is -2.27. The van der Waals surface area contributed by atoms with Gasteiger partial charge in [0.2, 0.25) is 5.75 Å². The predicted octanol–water partition coefficient (Wildman–Crippen LogP) is 3.31. The summed E-state index contributed by atoms with van der Waals surface area (Å²) in [6, 6.07) is 3.71. The number of carbonyl (C=O) groups excluding carboxylic acids is 1. The van der Waals surface area contributed by atoms with E-state index < -0.39 is 0 Å². The van der Waals surface area contributed by atoms with Crippen molar-refractivity contribution in [3.8, 4) is 17.2 Å². The van der Waals surface area contributed by atoms with Gasteiger partial charge in [-0.05, 0) is 43.5 Å². The first-order valence-electron chi connectivity index (χ1n) is 7.59. The van der Waals surface area contributed by atoms with E-state index in [1.165, 1.54) is 0 Å². The third-order valence-corrected chi connectivity index (χ3v) is 3.67. The minimum atomic E-state index is -0.302. The molecular formula is C17H23NO5. The molecule has 0 unspecified atom stereocenters. The van der Waals surface area contributed by atoms with E-state index in [0.717, 1.165) is 24.1 Å². The fourth-order valence-corrected chi connectivity index (χ4v) is 2.63. The molecule has 1 aromatic carbocycles. The smallest absolute Gasteiger partial charge is 0.414 e. The largest absolute Gasteiger partial charge is 0.493 e. The van der Waals surface area contributed by atoms with Crippen molar-refractivity contribution >= 4 is 12.2 Å². The first-order valence-corrected chi connectivity index (χ1v) is 7.59. The van der Waals surface area contributed by atoms with Crippen molar-refractivity contribution in [3.63, 3.8) is 0 Å². The lowest BCUT2D eigenvalue weighted by atomic mass is 10.1. The standard InChI is InChI=1S/C17H23NO5/c1-5-23-17(19)18-8-6-7-13(18)9-12-10-14(20-2)16(22-4)15(11-12)21-3/h9-11H,5-8H2,1-4H3/b13-9+. The number of nitrogens with zero attached hydrogens (tertiary/aromatic N) is 1. The minimum Gasteiger partial charge on any atom is -0.493 e. The average Bonchev–Trinajstić information content (AvgIpc) is 3.02. The topological polar surface area (TPSA) is 57.2 Å². The van der Waals surface area contributed by atoms with Crippen molar-refractivity contribution in [2.24, 2.45) is 0 Å². The Morgan fingerprint density at radius 1 is 1.17 bits per heavy atom. The molecule has 1 amide bonds. The average molecular weight is 321 g/mol. The van der Waals surface area contributed by atoms with Crippen molar-refractivity contribution < 1.29 is 23.7 Å². The highest BCUT2D eigenvalue weighted by Gasteiger charge is 2.24. The van der Waals surface area contributed by atoms with E-state index >= 15 is 0 Å². The molecule has 0 aromatic heterocycles. The Bertz CT molecular complexity index is 572. The highest BCUT2D eigenvalue weighted by atomic mass is 16.6. The zero-order chi connectivity index (χ0) is 16.8. The van der Waals surface area contributed by atoms with Gasteiger partial charge in [0.1, 0.15) is 0 Å². The minimum absolute atomic E-state index is 0.302. The molecule has 2 rings (SSSR count). The van der Waals surface area contributed by atoms with Crippen LogP contribution in [0.5, 0.6) is 17.2 Å². The van der Waals surface area contributed by atoms with Gasteiger partial charge in [0.25, 0.3) is 0 Å². The van der Waals surface area contributed by atoms with E-state index in [1.807, 2.05) is 18.2 Å². The molecule has 1 aromatic rings. The second-order valence-corrected chi connectivity index (χ2v) is 5.05. The summed E-state index contributed by atoms with van der Waals surface area (Å²) in [6.45, 7) is 2.85. The zero-order valence-corrected chi connectivity index (χ0v) is 14.0. The van der Waals surface area contributed by atoms with E-state index in [-0.39, 0.29) is 6.09 Å². The Balaban J connectivity index is 2.36. The number of rotatable bonds is 5. The van der Waals surface area contributed by atoms with E-state index in [1.54, 1.807) is 33.2 Å². The monoisotopic (exact) mass is 321 g/mol. The van der Waals surface area contributed by atoms with Crippen LogP contribution in [0, 0.1) is 0 Å². The van der Waals surface area contributed by atoms with Gasteiger partial charge in [-0.25, -0.2) is 4.79 Å². The van der Waals surface area contributed by atoms with Crippen LogP contribution in [-0.4, -0.2) is 45.5 Å². The van der Waals surface area contributed by atoms with Crippen LogP contribution in [-0.2, 0) is 4.74 Å². The maximum absolute atomic E-state index is 12.0. The third kappa shape index (κ3) is 3.70. The first-order chi connectivity index (χ1) is 11.1. The molecule has 0 N–H and O–H groups in total. The van der Waals surface area contributed by atoms with E-state index in [9.17, 15) is 4.79 Å². The van der Waals surface area contributed by atoms with Gasteiger partial charge < -0.3 is 18.9 Å². The fourth-order valence-electron chi connectivity index (χ4n) is 2.63. The number of hydrogen-bond acceptors (Lipinski definition) is 5. The second kappa shape index (κ2) is 7.76. The van der Waals surface area contributed by atoms with Crippen LogP contribution >= 0.6 is 0 Å². The molecule has 1 aliphatic heterocycles. The second-order valence-electron chi connectivity index (χ2n) is 5.05. The molecule has 0 saturated carbocycles. The molecule has 0 radical (unpaired) electrons. The number of carbonyl (C=O) groups is 1. The van der Waals surface area contributed by atoms with Crippen LogP contribution in [0.1, 0.15) is 25.3 Å². The summed E-state index contributed by atoms with van der Waals surface area (Å²) in [5.74, 6) is 1.71. The van der Waals surface area contributed by atoms with Crippen LogP contribution in [0.25, 0.3) is 6.08 Å². The summed E-state index contributed by atoms with van der Waals surface area (Å²) >= 11 is 0. The summed E-state index contributed by atoms with van der Waals surface area (Å²) < 4.78 is 21.1. The number of likely N-dealkylation sites (tertiary alicyclic amines) is 1. The van der Waals surface area contributed by atoms with Gasteiger partial charge in [0, 0.05) is 12.2 Å². The van der Waals surface area contributed by atoms with Crippen LogP contribution in [0.3, 0.4) is 0 Å². The molecular weight excluding hydrogens is 298 g/mol. The normalized spacial score (nSPS) is 15.7. The van der Waals surface area contributed by atoms with Gasteiger partial charge in [-0.3, -0.25) is 4.90 Å². The molecule has 0 aliphatic carbocycles. The van der Waals surface area contributed by atoms with E-state index in [0.29, 0.717) is 30.4 Å². The molecule has 1 heterocycles. The van der Waals surface area contributed by atoms with E-state index in [2.05, 4.69) is 0 Å². The number of allylic oxidation sites excluding steroid dienone is 1. The zero-order valence-electron chi connectivity index (χ0n) is 14.0. The molecule has 1 saturated heterocycles. The quantitative estimate of drug-likeness (QED) is 0.833. The van der Waals surface area contributed by atoms with Crippen LogP contribution in [0.4, 0.5) is 4.79 Å². The van der Waals surface area contributed by atoms with Gasteiger partial charge in [-0.2, -0.15) is 0 Å². The third-order valence-electron chi connectivity index (χ3n) is 3.67. The number of ether oxygens (including phenoxy) is 4.